The highest BCUT2D eigenvalue weighted by Gasteiger charge is 2.21. The molecule has 0 radical (unpaired) electrons. The van der Waals surface area contributed by atoms with Crippen molar-refractivity contribution in [2.45, 2.75) is 18.6 Å². The van der Waals surface area contributed by atoms with Crippen molar-refractivity contribution in [3.05, 3.63) is 18.5 Å². The standard InChI is InChI=1S/C7H11N3S/c1-7(2,11-3)6-9-4-8-5-10-6/h4-5H,1-3H3. The largest absolute Gasteiger partial charge is 0.225 e. The molecule has 0 unspecified atom stereocenters. The number of nitrogens with zero attached hydrogens (tertiary/aromatic N) is 3. The molecule has 0 aliphatic heterocycles. The van der Waals surface area contributed by atoms with E-state index in [0.29, 0.717) is 0 Å². The van der Waals surface area contributed by atoms with Crippen molar-refractivity contribution in [1.29, 1.82) is 0 Å². The average molecular weight is 169 g/mol. The van der Waals surface area contributed by atoms with E-state index in [1.807, 2.05) is 6.26 Å². The highest BCUT2D eigenvalue weighted by molar-refractivity contribution is 7.99. The van der Waals surface area contributed by atoms with E-state index in [4.69, 9.17) is 0 Å². The second kappa shape index (κ2) is 3.17. The molecule has 0 aromatic carbocycles. The number of hydrogen-bond donors (Lipinski definition) is 0. The van der Waals surface area contributed by atoms with Gasteiger partial charge in [-0.2, -0.15) is 11.8 Å². The Morgan fingerprint density at radius 2 is 1.82 bits per heavy atom. The molecule has 0 saturated carbocycles. The molecule has 0 aliphatic rings. The van der Waals surface area contributed by atoms with Crippen LogP contribution in [0, 0.1) is 0 Å². The van der Waals surface area contributed by atoms with Gasteiger partial charge < -0.3 is 0 Å². The number of hydrogen-bond acceptors (Lipinski definition) is 4. The third-order valence-electron chi connectivity index (χ3n) is 1.54. The minimum Gasteiger partial charge on any atom is -0.225 e. The fraction of sp³-hybridized carbons (Fsp3) is 0.571. The van der Waals surface area contributed by atoms with E-state index in [0.717, 1.165) is 5.82 Å². The van der Waals surface area contributed by atoms with Crippen LogP contribution >= 0.6 is 11.8 Å². The molecule has 0 amide bonds. The van der Waals surface area contributed by atoms with Crippen LogP contribution in [0.1, 0.15) is 19.7 Å². The third-order valence-corrected chi connectivity index (χ3v) is 2.75. The van der Waals surface area contributed by atoms with Crippen LogP contribution in [0.3, 0.4) is 0 Å². The maximum Gasteiger partial charge on any atom is 0.147 e. The molecule has 4 heteroatoms. The van der Waals surface area contributed by atoms with Gasteiger partial charge in [0.15, 0.2) is 0 Å². The molecule has 0 aliphatic carbocycles. The van der Waals surface area contributed by atoms with Crippen molar-refractivity contribution in [2.24, 2.45) is 0 Å². The lowest BCUT2D eigenvalue weighted by atomic mass is 10.2. The van der Waals surface area contributed by atoms with Crippen LogP contribution in [0.25, 0.3) is 0 Å². The van der Waals surface area contributed by atoms with Crippen molar-refractivity contribution in [3.8, 4) is 0 Å². The summed E-state index contributed by atoms with van der Waals surface area (Å²) >= 11 is 1.73. The van der Waals surface area contributed by atoms with Crippen LogP contribution in [0.5, 0.6) is 0 Å². The van der Waals surface area contributed by atoms with E-state index in [2.05, 4.69) is 28.8 Å². The van der Waals surface area contributed by atoms with Gasteiger partial charge in [-0.05, 0) is 20.1 Å². The second-order valence-electron chi connectivity index (χ2n) is 2.68. The Hall–Kier alpha value is -0.640. The highest BCUT2D eigenvalue weighted by Crippen LogP contribution is 2.29. The van der Waals surface area contributed by atoms with E-state index in [1.165, 1.54) is 12.7 Å². The number of aromatic nitrogens is 3. The van der Waals surface area contributed by atoms with E-state index in [9.17, 15) is 0 Å². The fourth-order valence-corrected chi connectivity index (χ4v) is 0.929. The van der Waals surface area contributed by atoms with E-state index >= 15 is 0 Å². The fourth-order valence-electron chi connectivity index (χ4n) is 0.641. The van der Waals surface area contributed by atoms with Crippen molar-refractivity contribution in [1.82, 2.24) is 15.0 Å². The number of thioether (sulfide) groups is 1. The summed E-state index contributed by atoms with van der Waals surface area (Å²) in [6.45, 7) is 4.18. The molecule has 0 atom stereocenters. The molecule has 60 valence electrons. The Bertz CT molecular complexity index is 222. The zero-order valence-corrected chi connectivity index (χ0v) is 7.72. The SMILES string of the molecule is CSC(C)(C)c1ncncn1. The van der Waals surface area contributed by atoms with E-state index in [1.54, 1.807) is 11.8 Å². The summed E-state index contributed by atoms with van der Waals surface area (Å²) in [5.41, 5.74) is 0. The summed E-state index contributed by atoms with van der Waals surface area (Å²) in [5.74, 6) is 0.833. The van der Waals surface area contributed by atoms with Gasteiger partial charge in [0.25, 0.3) is 0 Å². The van der Waals surface area contributed by atoms with Gasteiger partial charge in [0.1, 0.15) is 18.5 Å². The van der Waals surface area contributed by atoms with Gasteiger partial charge in [-0.25, -0.2) is 15.0 Å². The summed E-state index contributed by atoms with van der Waals surface area (Å²) in [7, 11) is 0. The molecule has 3 nitrogen and oxygen atoms in total. The molecule has 0 fully saturated rings. The first-order chi connectivity index (χ1) is 5.17. The first kappa shape index (κ1) is 8.46. The molecule has 11 heavy (non-hydrogen) atoms. The predicted molar refractivity (Wildman–Crippen MR) is 46.4 cm³/mol. The molecule has 0 saturated heterocycles. The van der Waals surface area contributed by atoms with Crippen LogP contribution in [-0.4, -0.2) is 21.2 Å². The Morgan fingerprint density at radius 3 is 2.27 bits per heavy atom. The molecule has 1 rings (SSSR count). The Kier molecular flexibility index (Phi) is 2.44. The van der Waals surface area contributed by atoms with Gasteiger partial charge in [0, 0.05) is 0 Å². The number of rotatable bonds is 2. The highest BCUT2D eigenvalue weighted by atomic mass is 32.2. The average Bonchev–Trinajstić information content (AvgIpc) is 2.06. The van der Waals surface area contributed by atoms with Crippen molar-refractivity contribution in [2.75, 3.05) is 6.26 Å². The molecule has 0 N–H and O–H groups in total. The zero-order chi connectivity index (χ0) is 8.32. The van der Waals surface area contributed by atoms with Crippen LogP contribution < -0.4 is 0 Å². The first-order valence-corrected chi connectivity index (χ1v) is 4.57. The molecule has 0 spiro atoms. The summed E-state index contributed by atoms with van der Waals surface area (Å²) in [5, 5.41) is 0. The maximum atomic E-state index is 4.08. The van der Waals surface area contributed by atoms with Crippen LogP contribution in [0.2, 0.25) is 0 Å². The summed E-state index contributed by atoms with van der Waals surface area (Å²) in [6.07, 6.45) is 5.10. The van der Waals surface area contributed by atoms with Gasteiger partial charge in [-0.15, -0.1) is 0 Å². The van der Waals surface area contributed by atoms with Crippen molar-refractivity contribution >= 4 is 11.8 Å². The van der Waals surface area contributed by atoms with Gasteiger partial charge in [-0.1, -0.05) is 0 Å². The Balaban J connectivity index is 2.93. The topological polar surface area (TPSA) is 38.7 Å². The van der Waals surface area contributed by atoms with Crippen LogP contribution in [-0.2, 0) is 4.75 Å². The molecule has 1 aromatic rings. The van der Waals surface area contributed by atoms with Gasteiger partial charge in [0.05, 0.1) is 4.75 Å². The van der Waals surface area contributed by atoms with Crippen molar-refractivity contribution < 1.29 is 0 Å². The molecular formula is C7H11N3S. The zero-order valence-electron chi connectivity index (χ0n) is 6.90. The Labute approximate surface area is 70.7 Å². The normalized spacial score (nSPS) is 11.5. The minimum atomic E-state index is -0.0110. The summed E-state index contributed by atoms with van der Waals surface area (Å²) in [6, 6.07) is 0. The van der Waals surface area contributed by atoms with Crippen LogP contribution in [0.15, 0.2) is 12.7 Å². The monoisotopic (exact) mass is 169 g/mol. The lowest BCUT2D eigenvalue weighted by molar-refractivity contribution is 0.699. The quantitative estimate of drug-likeness (QED) is 0.672. The first-order valence-electron chi connectivity index (χ1n) is 3.34. The maximum absolute atomic E-state index is 4.08. The van der Waals surface area contributed by atoms with Gasteiger partial charge >= 0.3 is 0 Å². The summed E-state index contributed by atoms with van der Waals surface area (Å²) < 4.78 is -0.0110. The third kappa shape index (κ3) is 1.89. The molecule has 1 aromatic heterocycles. The lowest BCUT2D eigenvalue weighted by Crippen LogP contribution is -2.15. The smallest absolute Gasteiger partial charge is 0.147 e. The Morgan fingerprint density at radius 1 is 1.27 bits per heavy atom. The molecular weight excluding hydrogens is 158 g/mol. The molecule has 1 heterocycles. The minimum absolute atomic E-state index is 0.0110. The molecule has 0 bridgehead atoms. The lowest BCUT2D eigenvalue weighted by Gasteiger charge is -2.18. The van der Waals surface area contributed by atoms with Crippen molar-refractivity contribution in [3.63, 3.8) is 0 Å². The van der Waals surface area contributed by atoms with E-state index < -0.39 is 0 Å². The van der Waals surface area contributed by atoms with E-state index in [-0.39, 0.29) is 4.75 Å². The predicted octanol–water partition coefficient (Wildman–Crippen LogP) is 1.47. The van der Waals surface area contributed by atoms with Crippen LogP contribution in [0.4, 0.5) is 0 Å². The van der Waals surface area contributed by atoms with Gasteiger partial charge in [0.2, 0.25) is 0 Å². The second-order valence-corrected chi connectivity index (χ2v) is 4.11. The summed E-state index contributed by atoms with van der Waals surface area (Å²) in [4.78, 5) is 11.9. The van der Waals surface area contributed by atoms with Gasteiger partial charge in [-0.3, -0.25) is 0 Å².